The number of carbonyl (C=O) groups excluding carboxylic acids is 1. The molecular formula is C10H18N2O3. The number of hydrogen-bond donors (Lipinski definition) is 1. The van der Waals surface area contributed by atoms with E-state index in [-0.39, 0.29) is 0 Å². The van der Waals surface area contributed by atoms with Crippen LogP contribution in [0.2, 0.25) is 0 Å². The number of aromatic nitrogens is 2. The van der Waals surface area contributed by atoms with Crippen molar-refractivity contribution < 1.29 is 19.6 Å². The molecule has 5 nitrogen and oxygen atoms in total. The van der Waals surface area contributed by atoms with Gasteiger partial charge in [0.1, 0.15) is 12.4 Å². The number of aryl methyl sites for hydroxylation is 2. The number of hydrogen-bond acceptors (Lipinski definition) is 3. The van der Waals surface area contributed by atoms with E-state index in [1.165, 1.54) is 12.8 Å². The van der Waals surface area contributed by atoms with Crippen molar-refractivity contribution in [2.24, 2.45) is 7.05 Å². The minimum atomic E-state index is -1.44. The van der Waals surface area contributed by atoms with Gasteiger partial charge in [-0.25, -0.2) is 9.13 Å². The topological polar surface area (TPSA) is 69.2 Å². The maximum absolute atomic E-state index is 9.01. The summed E-state index contributed by atoms with van der Waals surface area (Å²) in [5.41, 5.74) is 0. The van der Waals surface area contributed by atoms with Crippen LogP contribution in [0.3, 0.4) is 0 Å². The highest BCUT2D eigenvalue weighted by Gasteiger charge is 1.96. The van der Waals surface area contributed by atoms with Gasteiger partial charge < -0.3 is 15.0 Å². The SMILES string of the molecule is CCCC[n+]1ccn(C)c1.O=C([O-])CO. The molecule has 0 saturated carbocycles. The van der Waals surface area contributed by atoms with Gasteiger partial charge in [-0.05, 0) is 6.42 Å². The molecular weight excluding hydrogens is 196 g/mol. The summed E-state index contributed by atoms with van der Waals surface area (Å²) in [5, 5.41) is 16.5. The Morgan fingerprint density at radius 1 is 1.60 bits per heavy atom. The minimum Gasteiger partial charge on any atom is -0.548 e. The van der Waals surface area contributed by atoms with Crippen molar-refractivity contribution in [3.8, 4) is 0 Å². The number of aliphatic hydroxyl groups is 1. The molecule has 0 unspecified atom stereocenters. The zero-order valence-corrected chi connectivity index (χ0v) is 9.22. The molecule has 0 fully saturated rings. The Labute approximate surface area is 89.6 Å². The first kappa shape index (κ1) is 13.6. The number of unbranched alkanes of at least 4 members (excludes halogenated alkanes) is 1. The lowest BCUT2D eigenvalue weighted by Crippen LogP contribution is -2.30. The second kappa shape index (κ2) is 7.99. The molecule has 15 heavy (non-hydrogen) atoms. The highest BCUT2D eigenvalue weighted by molar-refractivity contribution is 5.65. The lowest BCUT2D eigenvalue weighted by atomic mass is 10.3. The van der Waals surface area contributed by atoms with E-state index in [4.69, 9.17) is 15.0 Å². The van der Waals surface area contributed by atoms with E-state index >= 15 is 0 Å². The van der Waals surface area contributed by atoms with Gasteiger partial charge in [0, 0.05) is 0 Å². The molecule has 1 rings (SSSR count). The lowest BCUT2D eigenvalue weighted by Gasteiger charge is -1.90. The molecule has 5 heteroatoms. The summed E-state index contributed by atoms with van der Waals surface area (Å²) >= 11 is 0. The Morgan fingerprint density at radius 3 is 2.53 bits per heavy atom. The summed E-state index contributed by atoms with van der Waals surface area (Å²) in [4.78, 5) is 9.01. The Bertz CT molecular complexity index is 284. The molecule has 0 aromatic carbocycles. The van der Waals surface area contributed by atoms with Crippen LogP contribution in [-0.2, 0) is 18.4 Å². The lowest BCUT2D eigenvalue weighted by molar-refractivity contribution is -0.696. The van der Waals surface area contributed by atoms with Crippen LogP contribution in [0.1, 0.15) is 19.8 Å². The zero-order chi connectivity index (χ0) is 11.7. The summed E-state index contributed by atoms with van der Waals surface area (Å²) in [5.74, 6) is -1.44. The van der Waals surface area contributed by atoms with Crippen LogP contribution >= 0.6 is 0 Å². The number of carboxylic acid groups (broad SMARTS) is 1. The number of nitrogens with zero attached hydrogens (tertiary/aromatic N) is 2. The summed E-state index contributed by atoms with van der Waals surface area (Å²) in [7, 11) is 2.04. The molecule has 1 heterocycles. The number of aliphatic carboxylic acids is 1. The van der Waals surface area contributed by atoms with Gasteiger partial charge in [0.25, 0.3) is 0 Å². The van der Waals surface area contributed by atoms with Crippen molar-refractivity contribution in [2.75, 3.05) is 6.61 Å². The molecule has 0 aliphatic carbocycles. The third kappa shape index (κ3) is 7.69. The Morgan fingerprint density at radius 2 is 2.20 bits per heavy atom. The van der Waals surface area contributed by atoms with E-state index in [9.17, 15) is 0 Å². The number of rotatable bonds is 4. The zero-order valence-electron chi connectivity index (χ0n) is 9.22. The van der Waals surface area contributed by atoms with Crippen LogP contribution in [0.25, 0.3) is 0 Å². The van der Waals surface area contributed by atoms with E-state index in [0.29, 0.717) is 0 Å². The highest BCUT2D eigenvalue weighted by atomic mass is 16.4. The van der Waals surface area contributed by atoms with E-state index in [1.807, 2.05) is 7.05 Å². The molecule has 0 aliphatic rings. The summed E-state index contributed by atoms with van der Waals surface area (Å²) in [6.45, 7) is 2.47. The Kier molecular flexibility index (Phi) is 7.27. The van der Waals surface area contributed by atoms with Crippen molar-refractivity contribution in [2.45, 2.75) is 26.3 Å². The molecule has 0 aliphatic heterocycles. The molecule has 86 valence electrons. The summed E-state index contributed by atoms with van der Waals surface area (Å²) in [6.07, 6.45) is 8.82. The van der Waals surface area contributed by atoms with Crippen molar-refractivity contribution in [1.82, 2.24) is 4.57 Å². The van der Waals surface area contributed by atoms with Crippen LogP contribution in [0.4, 0.5) is 0 Å². The van der Waals surface area contributed by atoms with Crippen molar-refractivity contribution in [1.29, 1.82) is 0 Å². The fourth-order valence-electron chi connectivity index (χ4n) is 0.975. The van der Waals surface area contributed by atoms with Crippen molar-refractivity contribution >= 4 is 5.97 Å². The molecule has 1 aromatic rings. The van der Waals surface area contributed by atoms with E-state index in [1.54, 1.807) is 0 Å². The predicted octanol–water partition coefficient (Wildman–Crippen LogP) is -1.16. The van der Waals surface area contributed by atoms with Crippen LogP contribution in [-0.4, -0.2) is 22.2 Å². The van der Waals surface area contributed by atoms with Gasteiger partial charge in [0.2, 0.25) is 6.33 Å². The first-order valence-corrected chi connectivity index (χ1v) is 4.91. The molecule has 1 aromatic heterocycles. The van der Waals surface area contributed by atoms with Gasteiger partial charge in [-0.1, -0.05) is 13.3 Å². The summed E-state index contributed by atoms with van der Waals surface area (Å²) in [6, 6.07) is 0. The average Bonchev–Trinajstić information content (AvgIpc) is 2.62. The molecule has 0 radical (unpaired) electrons. The molecule has 0 atom stereocenters. The number of imidazole rings is 1. The van der Waals surface area contributed by atoms with Gasteiger partial charge in [-0.2, -0.15) is 0 Å². The minimum absolute atomic E-state index is 0.889. The smallest absolute Gasteiger partial charge is 0.243 e. The fourth-order valence-corrected chi connectivity index (χ4v) is 0.975. The number of carbonyl (C=O) groups is 1. The fraction of sp³-hybridized carbons (Fsp3) is 0.600. The molecule has 0 spiro atoms. The molecule has 0 saturated heterocycles. The van der Waals surface area contributed by atoms with Gasteiger partial charge >= 0.3 is 0 Å². The average molecular weight is 214 g/mol. The van der Waals surface area contributed by atoms with Crippen LogP contribution in [0, 0.1) is 0 Å². The molecule has 1 N–H and O–H groups in total. The standard InChI is InChI=1S/C8H15N2.C2H4O3/c1-3-4-5-10-7-6-9(2)8-10;3-1-2(4)5/h6-8H,3-5H2,1-2H3;3H,1H2,(H,4,5)/q+1;/p-1. The largest absolute Gasteiger partial charge is 0.548 e. The third-order valence-electron chi connectivity index (χ3n) is 1.72. The van der Waals surface area contributed by atoms with Crippen molar-refractivity contribution in [3.05, 3.63) is 18.7 Å². The second-order valence-corrected chi connectivity index (χ2v) is 3.20. The molecule has 0 bridgehead atoms. The van der Waals surface area contributed by atoms with Crippen LogP contribution in [0.15, 0.2) is 18.7 Å². The van der Waals surface area contributed by atoms with E-state index in [0.717, 1.165) is 6.54 Å². The first-order valence-electron chi connectivity index (χ1n) is 4.91. The van der Waals surface area contributed by atoms with Gasteiger partial charge in [-0.3, -0.25) is 0 Å². The van der Waals surface area contributed by atoms with Gasteiger partial charge in [0.15, 0.2) is 0 Å². The monoisotopic (exact) mass is 214 g/mol. The van der Waals surface area contributed by atoms with Gasteiger partial charge in [-0.15, -0.1) is 0 Å². The first-order chi connectivity index (χ1) is 7.10. The normalized spacial score (nSPS) is 9.27. The van der Waals surface area contributed by atoms with Crippen molar-refractivity contribution in [3.63, 3.8) is 0 Å². The number of carboxylic acids is 1. The van der Waals surface area contributed by atoms with E-state index < -0.39 is 12.6 Å². The maximum Gasteiger partial charge on any atom is 0.243 e. The third-order valence-corrected chi connectivity index (χ3v) is 1.72. The molecule has 0 amide bonds. The van der Waals surface area contributed by atoms with Crippen LogP contribution in [0.5, 0.6) is 0 Å². The van der Waals surface area contributed by atoms with Crippen LogP contribution < -0.4 is 9.67 Å². The predicted molar refractivity (Wildman–Crippen MR) is 52.6 cm³/mol. The summed E-state index contributed by atoms with van der Waals surface area (Å²) < 4.78 is 4.28. The highest BCUT2D eigenvalue weighted by Crippen LogP contribution is 1.85. The second-order valence-electron chi connectivity index (χ2n) is 3.20. The maximum atomic E-state index is 9.01. The van der Waals surface area contributed by atoms with E-state index in [2.05, 4.69) is 34.8 Å². The Balaban J connectivity index is 0.000000336. The quantitative estimate of drug-likeness (QED) is 0.643. The van der Waals surface area contributed by atoms with Gasteiger partial charge in [0.05, 0.1) is 26.2 Å². The Hall–Kier alpha value is -1.36. The number of aliphatic hydroxyl groups excluding tert-OH is 1.